The molecule has 0 aromatic heterocycles. The van der Waals surface area contributed by atoms with Gasteiger partial charge in [0.15, 0.2) is 5.96 Å². The van der Waals surface area contributed by atoms with Crippen molar-refractivity contribution < 1.29 is 4.74 Å². The quantitative estimate of drug-likeness (QED) is 0.450. The van der Waals surface area contributed by atoms with E-state index in [1.165, 1.54) is 0 Å². The molecule has 2 rings (SSSR count). The maximum atomic E-state index is 8.85. The first-order chi connectivity index (χ1) is 8.79. The van der Waals surface area contributed by atoms with Crippen molar-refractivity contribution in [1.29, 1.82) is 5.26 Å². The van der Waals surface area contributed by atoms with Crippen LogP contribution in [0.4, 0.5) is 0 Å². The largest absolute Gasteiger partial charge is 0.378 e. The second kappa shape index (κ2) is 8.59. The van der Waals surface area contributed by atoms with Gasteiger partial charge in [0.25, 0.3) is 0 Å². The molecule has 108 valence electrons. The summed E-state index contributed by atoms with van der Waals surface area (Å²) in [6.07, 6.45) is 4.26. The number of guanidine groups is 1. The predicted molar refractivity (Wildman–Crippen MR) is 85.4 cm³/mol. The fourth-order valence-corrected chi connectivity index (χ4v) is 2.59. The summed E-state index contributed by atoms with van der Waals surface area (Å²) in [4.78, 5) is 6.59. The molecule has 2 N–H and O–H groups in total. The van der Waals surface area contributed by atoms with Gasteiger partial charge in [0.1, 0.15) is 0 Å². The maximum absolute atomic E-state index is 8.85. The molecule has 1 heterocycles. The van der Waals surface area contributed by atoms with Crippen LogP contribution in [0.25, 0.3) is 0 Å². The molecule has 2 aliphatic rings. The molecule has 0 aromatic rings. The van der Waals surface area contributed by atoms with E-state index in [0.717, 1.165) is 58.5 Å². The fraction of sp³-hybridized carbons (Fsp3) is 0.846. The summed E-state index contributed by atoms with van der Waals surface area (Å²) in [5.41, 5.74) is 5.99. The highest BCUT2D eigenvalue weighted by Crippen LogP contribution is 2.28. The van der Waals surface area contributed by atoms with Crippen LogP contribution in [-0.4, -0.2) is 43.7 Å². The molecule has 0 unspecified atom stereocenters. The van der Waals surface area contributed by atoms with Crippen molar-refractivity contribution >= 4 is 29.9 Å². The van der Waals surface area contributed by atoms with Crippen molar-refractivity contribution in [3.63, 3.8) is 0 Å². The van der Waals surface area contributed by atoms with Crippen molar-refractivity contribution in [2.24, 2.45) is 22.6 Å². The van der Waals surface area contributed by atoms with Gasteiger partial charge >= 0.3 is 0 Å². The molecule has 2 fully saturated rings. The molecule has 0 radical (unpaired) electrons. The van der Waals surface area contributed by atoms with Gasteiger partial charge in [-0.3, -0.25) is 4.99 Å². The van der Waals surface area contributed by atoms with Crippen LogP contribution in [0.3, 0.4) is 0 Å². The lowest BCUT2D eigenvalue weighted by Gasteiger charge is -2.28. The maximum Gasteiger partial charge on any atom is 0.191 e. The number of halogens is 1. The minimum atomic E-state index is 0. The van der Waals surface area contributed by atoms with E-state index < -0.39 is 0 Å². The van der Waals surface area contributed by atoms with Crippen LogP contribution in [0, 0.1) is 23.2 Å². The van der Waals surface area contributed by atoms with Gasteiger partial charge in [-0.25, -0.2) is 0 Å². The molecule has 0 aromatic carbocycles. The number of ether oxygens (including phenoxy) is 1. The third-order valence-electron chi connectivity index (χ3n) is 3.88. The Hall–Kier alpha value is -0.550. The molecular weight excluding hydrogens is 355 g/mol. The Kier molecular flexibility index (Phi) is 7.46. The van der Waals surface area contributed by atoms with Crippen LogP contribution in [0.2, 0.25) is 0 Å². The fourth-order valence-electron chi connectivity index (χ4n) is 2.59. The van der Waals surface area contributed by atoms with E-state index in [-0.39, 0.29) is 29.9 Å². The Morgan fingerprint density at radius 3 is 2.47 bits per heavy atom. The molecule has 0 atom stereocenters. The van der Waals surface area contributed by atoms with E-state index in [4.69, 9.17) is 15.7 Å². The number of morpholine rings is 1. The van der Waals surface area contributed by atoms with Gasteiger partial charge in [-0.15, -0.1) is 24.0 Å². The summed E-state index contributed by atoms with van der Waals surface area (Å²) in [6, 6.07) is 2.36. The number of rotatable bonds is 2. The van der Waals surface area contributed by atoms with Crippen molar-refractivity contribution in [1.82, 2.24) is 4.90 Å². The van der Waals surface area contributed by atoms with E-state index in [1.807, 2.05) is 0 Å². The molecular formula is C13H23IN4O. The molecule has 1 aliphatic heterocycles. The van der Waals surface area contributed by atoms with E-state index >= 15 is 0 Å². The second-order valence-electron chi connectivity index (χ2n) is 5.15. The van der Waals surface area contributed by atoms with Gasteiger partial charge < -0.3 is 15.4 Å². The van der Waals surface area contributed by atoms with Crippen molar-refractivity contribution in [3.05, 3.63) is 0 Å². The van der Waals surface area contributed by atoms with Crippen LogP contribution in [0.5, 0.6) is 0 Å². The number of nitrogens with zero attached hydrogens (tertiary/aromatic N) is 3. The van der Waals surface area contributed by atoms with Crippen LogP contribution in [0.1, 0.15) is 25.7 Å². The number of aliphatic imine (C=N–C) groups is 1. The minimum Gasteiger partial charge on any atom is -0.378 e. The Morgan fingerprint density at radius 2 is 1.89 bits per heavy atom. The van der Waals surface area contributed by atoms with Crippen LogP contribution in [-0.2, 0) is 4.74 Å². The summed E-state index contributed by atoms with van der Waals surface area (Å²) >= 11 is 0. The first-order valence-electron chi connectivity index (χ1n) is 6.82. The SMILES string of the molecule is I.N#CC1CCC(CN=C(N)N2CCOCC2)CC1. The molecule has 19 heavy (non-hydrogen) atoms. The molecule has 6 heteroatoms. The lowest BCUT2D eigenvalue weighted by molar-refractivity contribution is 0.0673. The normalized spacial score (nSPS) is 28.4. The van der Waals surface area contributed by atoms with Gasteiger partial charge in [-0.2, -0.15) is 5.26 Å². The Labute approximate surface area is 132 Å². The Morgan fingerprint density at radius 1 is 1.26 bits per heavy atom. The van der Waals surface area contributed by atoms with Crippen molar-refractivity contribution in [2.75, 3.05) is 32.8 Å². The smallest absolute Gasteiger partial charge is 0.191 e. The lowest BCUT2D eigenvalue weighted by atomic mass is 9.83. The summed E-state index contributed by atoms with van der Waals surface area (Å²) in [5, 5.41) is 8.85. The highest BCUT2D eigenvalue weighted by atomic mass is 127. The van der Waals surface area contributed by atoms with E-state index in [2.05, 4.69) is 16.0 Å². The Bertz CT molecular complexity index is 328. The molecule has 1 aliphatic carbocycles. The zero-order chi connectivity index (χ0) is 12.8. The van der Waals surface area contributed by atoms with Gasteiger partial charge in [-0.05, 0) is 31.6 Å². The highest BCUT2D eigenvalue weighted by molar-refractivity contribution is 14.0. The van der Waals surface area contributed by atoms with E-state index in [9.17, 15) is 0 Å². The molecule has 5 nitrogen and oxygen atoms in total. The monoisotopic (exact) mass is 378 g/mol. The average Bonchev–Trinajstić information content (AvgIpc) is 2.46. The molecule has 0 bridgehead atoms. The predicted octanol–water partition coefficient (Wildman–Crippen LogP) is 1.58. The van der Waals surface area contributed by atoms with Crippen LogP contribution in [0.15, 0.2) is 4.99 Å². The number of nitrogens with two attached hydrogens (primary N) is 1. The standard InChI is InChI=1S/C13H22N4O.HI/c14-9-11-1-3-12(4-2-11)10-16-13(15)17-5-7-18-8-6-17;/h11-12H,1-8,10H2,(H2,15,16);1H. The van der Waals surface area contributed by atoms with E-state index in [0.29, 0.717) is 11.9 Å². The van der Waals surface area contributed by atoms with Crippen LogP contribution >= 0.6 is 24.0 Å². The topological polar surface area (TPSA) is 74.6 Å². The molecule has 0 amide bonds. The zero-order valence-electron chi connectivity index (χ0n) is 11.3. The number of hydrogen-bond acceptors (Lipinski definition) is 3. The Balaban J connectivity index is 0.00000180. The second-order valence-corrected chi connectivity index (χ2v) is 5.15. The summed E-state index contributed by atoms with van der Waals surface area (Å²) in [5.74, 6) is 1.52. The highest BCUT2D eigenvalue weighted by Gasteiger charge is 2.21. The third kappa shape index (κ3) is 5.15. The van der Waals surface area contributed by atoms with Gasteiger partial charge in [0, 0.05) is 25.6 Å². The minimum absolute atomic E-state index is 0. The zero-order valence-corrected chi connectivity index (χ0v) is 13.6. The van der Waals surface area contributed by atoms with Gasteiger partial charge in [-0.1, -0.05) is 0 Å². The summed E-state index contributed by atoms with van der Waals surface area (Å²) in [7, 11) is 0. The van der Waals surface area contributed by atoms with Crippen LogP contribution < -0.4 is 5.73 Å². The average molecular weight is 378 g/mol. The van der Waals surface area contributed by atoms with Crippen molar-refractivity contribution in [3.8, 4) is 6.07 Å². The van der Waals surface area contributed by atoms with Gasteiger partial charge in [0.05, 0.1) is 19.3 Å². The molecule has 0 spiro atoms. The lowest BCUT2D eigenvalue weighted by Crippen LogP contribution is -2.45. The number of hydrogen-bond donors (Lipinski definition) is 1. The molecule has 1 saturated carbocycles. The van der Waals surface area contributed by atoms with Gasteiger partial charge in [0.2, 0.25) is 0 Å². The third-order valence-corrected chi connectivity index (χ3v) is 3.88. The molecule has 1 saturated heterocycles. The number of nitriles is 1. The summed E-state index contributed by atoms with van der Waals surface area (Å²) in [6.45, 7) is 3.97. The first-order valence-corrected chi connectivity index (χ1v) is 6.82. The van der Waals surface area contributed by atoms with Crippen molar-refractivity contribution in [2.45, 2.75) is 25.7 Å². The summed E-state index contributed by atoms with van der Waals surface area (Å²) < 4.78 is 5.29. The first kappa shape index (κ1) is 16.5. The van der Waals surface area contributed by atoms with E-state index in [1.54, 1.807) is 0 Å².